The van der Waals surface area contributed by atoms with Crippen LogP contribution in [0.3, 0.4) is 0 Å². The Kier molecular flexibility index (Phi) is 7.23. The number of nitrogens with two attached hydrogens (primary N) is 1. The highest BCUT2D eigenvalue weighted by atomic mass is 16.2. The Morgan fingerprint density at radius 3 is 2.45 bits per heavy atom. The van der Waals surface area contributed by atoms with Gasteiger partial charge in [-0.05, 0) is 32.2 Å². The first-order valence-electron chi connectivity index (χ1n) is 4.12. The number of terminal acetylenes is 1. The molecule has 0 saturated heterocycles. The molecule has 1 atom stereocenters. The molecule has 0 bridgehead atoms. The molecule has 0 saturated carbocycles. The molecule has 0 heterocycles. The summed E-state index contributed by atoms with van der Waals surface area (Å²) in [7, 11) is 0. The minimum Gasteiger partial charge on any atom is -0.396 e. The van der Waals surface area contributed by atoms with Crippen LogP contribution in [0.2, 0.25) is 0 Å². The SMILES string of the molecule is C#CC(CCCN)CCCO. The highest BCUT2D eigenvalue weighted by molar-refractivity contribution is 4.92. The zero-order valence-electron chi connectivity index (χ0n) is 6.92. The van der Waals surface area contributed by atoms with Crippen LogP contribution >= 0.6 is 0 Å². The van der Waals surface area contributed by atoms with Crippen molar-refractivity contribution in [3.05, 3.63) is 0 Å². The van der Waals surface area contributed by atoms with E-state index in [1.807, 2.05) is 0 Å². The summed E-state index contributed by atoms with van der Waals surface area (Å²) in [6.07, 6.45) is 8.99. The minimum absolute atomic E-state index is 0.237. The summed E-state index contributed by atoms with van der Waals surface area (Å²) >= 11 is 0. The maximum atomic E-state index is 8.54. The Hall–Kier alpha value is -0.520. The molecule has 0 aliphatic rings. The molecule has 11 heavy (non-hydrogen) atoms. The van der Waals surface area contributed by atoms with Gasteiger partial charge in [-0.3, -0.25) is 0 Å². The van der Waals surface area contributed by atoms with Crippen molar-refractivity contribution in [2.75, 3.05) is 13.2 Å². The van der Waals surface area contributed by atoms with E-state index in [9.17, 15) is 0 Å². The van der Waals surface area contributed by atoms with Crippen LogP contribution in [-0.2, 0) is 0 Å². The molecular formula is C9H17NO. The van der Waals surface area contributed by atoms with Crippen LogP contribution in [0.25, 0.3) is 0 Å². The predicted molar refractivity (Wildman–Crippen MR) is 46.9 cm³/mol. The quantitative estimate of drug-likeness (QED) is 0.556. The van der Waals surface area contributed by atoms with Crippen LogP contribution < -0.4 is 5.73 Å². The fraction of sp³-hybridized carbons (Fsp3) is 0.778. The van der Waals surface area contributed by atoms with Gasteiger partial charge in [0.15, 0.2) is 0 Å². The highest BCUT2D eigenvalue weighted by Crippen LogP contribution is 2.11. The van der Waals surface area contributed by atoms with Gasteiger partial charge in [-0.15, -0.1) is 12.3 Å². The second-order valence-corrected chi connectivity index (χ2v) is 2.66. The topological polar surface area (TPSA) is 46.2 Å². The van der Waals surface area contributed by atoms with E-state index in [0.29, 0.717) is 12.5 Å². The van der Waals surface area contributed by atoms with Crippen LogP contribution in [0.4, 0.5) is 0 Å². The Morgan fingerprint density at radius 2 is 2.00 bits per heavy atom. The lowest BCUT2D eigenvalue weighted by atomic mass is 9.99. The molecule has 0 aromatic carbocycles. The van der Waals surface area contributed by atoms with Crippen molar-refractivity contribution in [2.45, 2.75) is 25.7 Å². The maximum absolute atomic E-state index is 8.54. The summed E-state index contributed by atoms with van der Waals surface area (Å²) < 4.78 is 0. The standard InChI is InChI=1S/C9H17NO/c1-2-9(5-3-7-10)6-4-8-11/h1,9,11H,3-8,10H2. The number of hydrogen-bond acceptors (Lipinski definition) is 2. The monoisotopic (exact) mass is 155 g/mol. The minimum atomic E-state index is 0.237. The molecule has 0 radical (unpaired) electrons. The summed E-state index contributed by atoms with van der Waals surface area (Å²) in [5, 5.41) is 8.54. The molecule has 64 valence electrons. The lowest BCUT2D eigenvalue weighted by Gasteiger charge is -2.07. The predicted octanol–water partition coefficient (Wildman–Crippen LogP) is 0.747. The average molecular weight is 155 g/mol. The van der Waals surface area contributed by atoms with Gasteiger partial charge in [0.05, 0.1) is 0 Å². The normalized spacial score (nSPS) is 12.5. The van der Waals surface area contributed by atoms with Crippen molar-refractivity contribution in [1.29, 1.82) is 0 Å². The summed E-state index contributed by atoms with van der Waals surface area (Å²) in [6.45, 7) is 0.943. The van der Waals surface area contributed by atoms with Crippen molar-refractivity contribution in [3.8, 4) is 12.3 Å². The van der Waals surface area contributed by atoms with Gasteiger partial charge in [0.2, 0.25) is 0 Å². The van der Waals surface area contributed by atoms with Crippen molar-refractivity contribution < 1.29 is 5.11 Å². The third-order valence-electron chi connectivity index (χ3n) is 1.70. The molecule has 2 nitrogen and oxygen atoms in total. The average Bonchev–Trinajstić information content (AvgIpc) is 2.05. The van der Waals surface area contributed by atoms with E-state index in [4.69, 9.17) is 17.3 Å². The molecule has 0 amide bonds. The van der Waals surface area contributed by atoms with Crippen LogP contribution in [-0.4, -0.2) is 18.3 Å². The van der Waals surface area contributed by atoms with E-state index >= 15 is 0 Å². The first kappa shape index (κ1) is 10.5. The molecule has 0 spiro atoms. The molecule has 0 rings (SSSR count). The molecule has 0 aliphatic carbocycles. The van der Waals surface area contributed by atoms with Crippen molar-refractivity contribution >= 4 is 0 Å². The van der Waals surface area contributed by atoms with Gasteiger partial charge in [-0.1, -0.05) is 0 Å². The first-order chi connectivity index (χ1) is 5.35. The van der Waals surface area contributed by atoms with Crippen molar-refractivity contribution in [1.82, 2.24) is 0 Å². The van der Waals surface area contributed by atoms with Crippen LogP contribution in [0, 0.1) is 18.3 Å². The van der Waals surface area contributed by atoms with Crippen LogP contribution in [0.5, 0.6) is 0 Å². The van der Waals surface area contributed by atoms with Crippen molar-refractivity contribution in [3.63, 3.8) is 0 Å². The Balaban J connectivity index is 3.35. The molecule has 3 N–H and O–H groups in total. The molecule has 0 aromatic heterocycles. The molecule has 0 aromatic rings. The molecule has 2 heteroatoms. The van der Waals surface area contributed by atoms with Crippen molar-refractivity contribution in [2.24, 2.45) is 11.7 Å². The van der Waals surface area contributed by atoms with E-state index < -0.39 is 0 Å². The Bertz CT molecular complexity index is 109. The third-order valence-corrected chi connectivity index (χ3v) is 1.70. The Labute approximate surface area is 68.8 Å². The van der Waals surface area contributed by atoms with Gasteiger partial charge in [0.1, 0.15) is 0 Å². The summed E-state index contributed by atoms with van der Waals surface area (Å²) in [6, 6.07) is 0. The van der Waals surface area contributed by atoms with Gasteiger partial charge >= 0.3 is 0 Å². The first-order valence-corrected chi connectivity index (χ1v) is 4.12. The van der Waals surface area contributed by atoms with E-state index in [1.54, 1.807) is 0 Å². The smallest absolute Gasteiger partial charge is 0.0431 e. The lowest BCUT2D eigenvalue weighted by molar-refractivity contribution is 0.276. The van der Waals surface area contributed by atoms with Gasteiger partial charge in [-0.25, -0.2) is 0 Å². The molecular weight excluding hydrogens is 138 g/mol. The molecule has 0 fully saturated rings. The molecule has 0 aliphatic heterocycles. The van der Waals surface area contributed by atoms with Gasteiger partial charge in [-0.2, -0.15) is 0 Å². The number of aliphatic hydroxyl groups excluding tert-OH is 1. The van der Waals surface area contributed by atoms with Gasteiger partial charge in [0, 0.05) is 12.5 Å². The lowest BCUT2D eigenvalue weighted by Crippen LogP contribution is -2.04. The fourth-order valence-electron chi connectivity index (χ4n) is 1.01. The van der Waals surface area contributed by atoms with E-state index in [2.05, 4.69) is 5.92 Å². The number of rotatable bonds is 6. The number of hydrogen-bond donors (Lipinski definition) is 2. The third kappa shape index (κ3) is 5.90. The maximum Gasteiger partial charge on any atom is 0.0431 e. The zero-order chi connectivity index (χ0) is 8.53. The fourth-order valence-corrected chi connectivity index (χ4v) is 1.01. The van der Waals surface area contributed by atoms with Crippen LogP contribution in [0.1, 0.15) is 25.7 Å². The summed E-state index contributed by atoms with van der Waals surface area (Å²) in [5.41, 5.74) is 5.34. The number of aliphatic hydroxyl groups is 1. The second-order valence-electron chi connectivity index (χ2n) is 2.66. The summed E-state index contributed by atoms with van der Waals surface area (Å²) in [4.78, 5) is 0. The van der Waals surface area contributed by atoms with Gasteiger partial charge in [0.25, 0.3) is 0 Å². The largest absolute Gasteiger partial charge is 0.396 e. The zero-order valence-corrected chi connectivity index (χ0v) is 6.92. The Morgan fingerprint density at radius 1 is 1.36 bits per heavy atom. The highest BCUT2D eigenvalue weighted by Gasteiger charge is 2.02. The van der Waals surface area contributed by atoms with Crippen LogP contribution in [0.15, 0.2) is 0 Å². The molecule has 1 unspecified atom stereocenters. The second kappa shape index (κ2) is 7.59. The van der Waals surface area contributed by atoms with E-state index in [-0.39, 0.29) is 6.61 Å². The van der Waals surface area contributed by atoms with E-state index in [1.165, 1.54) is 0 Å². The van der Waals surface area contributed by atoms with Gasteiger partial charge < -0.3 is 10.8 Å². The summed E-state index contributed by atoms with van der Waals surface area (Å²) in [5.74, 6) is 3.02. The van der Waals surface area contributed by atoms with E-state index in [0.717, 1.165) is 25.7 Å².